The fraction of sp³-hybridized carbons (Fsp3) is 0.500. The van der Waals surface area contributed by atoms with E-state index in [0.717, 1.165) is 0 Å². The number of phenols is 2. The second-order valence-electron chi connectivity index (χ2n) is 5.19. The third-order valence-electron chi connectivity index (χ3n) is 3.29. The molecule has 1 aromatic rings. The minimum Gasteiger partial charge on any atom is -0.504 e. The average molecular weight is 281 g/mol. The van der Waals surface area contributed by atoms with Gasteiger partial charge in [0.1, 0.15) is 0 Å². The molecule has 0 aliphatic rings. The van der Waals surface area contributed by atoms with E-state index in [0.29, 0.717) is 18.5 Å². The van der Waals surface area contributed by atoms with Crippen LogP contribution < -0.4 is 11.1 Å². The van der Waals surface area contributed by atoms with Crippen molar-refractivity contribution in [2.45, 2.75) is 25.4 Å². The van der Waals surface area contributed by atoms with Gasteiger partial charge in [-0.05, 0) is 45.1 Å². The largest absolute Gasteiger partial charge is 0.504 e. The molecule has 0 aliphatic heterocycles. The maximum Gasteiger partial charge on any atom is 0.237 e. The number of phenolic OH excluding ortho intramolecular Hbond substituents is 2. The van der Waals surface area contributed by atoms with Crippen LogP contribution in [0.5, 0.6) is 11.5 Å². The molecule has 1 aromatic carbocycles. The molecule has 1 rings (SSSR count). The molecular formula is C14H23N3O3. The molecule has 0 fully saturated rings. The minimum atomic E-state index is -0.687. The van der Waals surface area contributed by atoms with Gasteiger partial charge in [-0.3, -0.25) is 4.79 Å². The quantitative estimate of drug-likeness (QED) is 0.552. The van der Waals surface area contributed by atoms with E-state index in [1.807, 2.05) is 25.9 Å². The van der Waals surface area contributed by atoms with Crippen molar-refractivity contribution in [1.29, 1.82) is 0 Å². The minimum absolute atomic E-state index is 0.188. The zero-order valence-corrected chi connectivity index (χ0v) is 12.1. The molecule has 1 unspecified atom stereocenters. The van der Waals surface area contributed by atoms with Crippen molar-refractivity contribution >= 4 is 5.91 Å². The number of hydrogen-bond acceptors (Lipinski definition) is 5. The Balaban J connectivity index is 2.51. The highest BCUT2D eigenvalue weighted by Crippen LogP contribution is 2.25. The highest BCUT2D eigenvalue weighted by molar-refractivity contribution is 5.81. The molecule has 2 atom stereocenters. The summed E-state index contributed by atoms with van der Waals surface area (Å²) in [5, 5.41) is 21.4. The average Bonchev–Trinajstić information content (AvgIpc) is 2.39. The van der Waals surface area contributed by atoms with Crippen molar-refractivity contribution in [3.63, 3.8) is 0 Å². The van der Waals surface area contributed by atoms with Crippen LogP contribution in [0.25, 0.3) is 0 Å². The van der Waals surface area contributed by atoms with Crippen molar-refractivity contribution in [2.24, 2.45) is 5.73 Å². The monoisotopic (exact) mass is 281 g/mol. The Morgan fingerprint density at radius 3 is 2.55 bits per heavy atom. The normalized spacial score (nSPS) is 14.1. The smallest absolute Gasteiger partial charge is 0.237 e. The third kappa shape index (κ3) is 4.71. The molecule has 0 bridgehead atoms. The van der Waals surface area contributed by atoms with Crippen LogP contribution >= 0.6 is 0 Å². The summed E-state index contributed by atoms with van der Waals surface area (Å²) in [7, 11) is 3.88. The Morgan fingerprint density at radius 2 is 2.00 bits per heavy atom. The van der Waals surface area contributed by atoms with E-state index in [2.05, 4.69) is 5.32 Å². The van der Waals surface area contributed by atoms with Gasteiger partial charge in [0, 0.05) is 12.6 Å². The summed E-state index contributed by atoms with van der Waals surface area (Å²) in [5.74, 6) is -0.630. The van der Waals surface area contributed by atoms with Crippen molar-refractivity contribution in [2.75, 3.05) is 20.6 Å². The highest BCUT2D eigenvalue weighted by atomic mass is 16.3. The van der Waals surface area contributed by atoms with Gasteiger partial charge in [-0.15, -0.1) is 0 Å². The number of nitrogens with two attached hydrogens (primary N) is 1. The number of amides is 1. The van der Waals surface area contributed by atoms with Crippen LogP contribution in [0.3, 0.4) is 0 Å². The van der Waals surface area contributed by atoms with Gasteiger partial charge in [0.25, 0.3) is 0 Å². The molecule has 0 saturated heterocycles. The first-order valence-corrected chi connectivity index (χ1v) is 6.51. The summed E-state index contributed by atoms with van der Waals surface area (Å²) in [6.45, 7) is 2.53. The van der Waals surface area contributed by atoms with Crippen molar-refractivity contribution in [3.05, 3.63) is 23.8 Å². The second kappa shape index (κ2) is 7.12. The maximum absolute atomic E-state index is 11.9. The highest BCUT2D eigenvalue weighted by Gasteiger charge is 2.16. The number of nitrogens with zero attached hydrogens (tertiary/aromatic N) is 1. The van der Waals surface area contributed by atoms with Crippen LogP contribution in [0.15, 0.2) is 18.2 Å². The summed E-state index contributed by atoms with van der Waals surface area (Å²) >= 11 is 0. The lowest BCUT2D eigenvalue weighted by molar-refractivity contribution is -0.122. The second-order valence-corrected chi connectivity index (χ2v) is 5.19. The van der Waals surface area contributed by atoms with Gasteiger partial charge < -0.3 is 26.2 Å². The summed E-state index contributed by atoms with van der Waals surface area (Å²) < 4.78 is 0. The molecule has 0 aromatic heterocycles. The number of aromatic hydroxyl groups is 2. The molecule has 6 nitrogen and oxygen atoms in total. The third-order valence-corrected chi connectivity index (χ3v) is 3.29. The summed E-state index contributed by atoms with van der Waals surface area (Å²) in [4.78, 5) is 13.9. The van der Waals surface area contributed by atoms with Gasteiger partial charge in [-0.25, -0.2) is 0 Å². The van der Waals surface area contributed by atoms with Crippen LogP contribution in [0.2, 0.25) is 0 Å². The predicted molar refractivity (Wildman–Crippen MR) is 77.6 cm³/mol. The van der Waals surface area contributed by atoms with E-state index in [9.17, 15) is 15.0 Å². The lowest BCUT2D eigenvalue weighted by Gasteiger charge is -2.21. The first-order valence-electron chi connectivity index (χ1n) is 6.51. The number of nitrogens with one attached hydrogen (secondary N) is 1. The van der Waals surface area contributed by atoms with Gasteiger partial charge in [0.15, 0.2) is 11.5 Å². The van der Waals surface area contributed by atoms with E-state index in [4.69, 9.17) is 5.73 Å². The van der Waals surface area contributed by atoms with Crippen molar-refractivity contribution < 1.29 is 15.0 Å². The standard InChI is InChI=1S/C14H23N3O3/c1-9(17(2)3)8-16-14(20)11(15)6-10-4-5-12(18)13(19)7-10/h4-5,7,9,11,18-19H,6,8,15H2,1-3H3,(H,16,20)/t9?,11-/m0/s1. The van der Waals surface area contributed by atoms with E-state index in [-0.39, 0.29) is 23.4 Å². The Kier molecular flexibility index (Phi) is 5.79. The summed E-state index contributed by atoms with van der Waals surface area (Å²) in [6.07, 6.45) is 0.302. The molecule has 20 heavy (non-hydrogen) atoms. The van der Waals surface area contributed by atoms with Gasteiger partial charge >= 0.3 is 0 Å². The first-order chi connectivity index (χ1) is 9.31. The summed E-state index contributed by atoms with van der Waals surface area (Å²) in [6, 6.07) is 3.95. The molecule has 0 radical (unpaired) electrons. The molecule has 0 heterocycles. The fourth-order valence-corrected chi connectivity index (χ4v) is 1.60. The lowest BCUT2D eigenvalue weighted by atomic mass is 10.1. The van der Waals surface area contributed by atoms with Crippen LogP contribution in [-0.4, -0.2) is 53.7 Å². The van der Waals surface area contributed by atoms with Crippen LogP contribution in [0.1, 0.15) is 12.5 Å². The van der Waals surface area contributed by atoms with Crippen molar-refractivity contribution in [3.8, 4) is 11.5 Å². The number of carbonyl (C=O) groups is 1. The van der Waals surface area contributed by atoms with E-state index >= 15 is 0 Å². The molecule has 0 aliphatic carbocycles. The van der Waals surface area contributed by atoms with Crippen molar-refractivity contribution in [1.82, 2.24) is 10.2 Å². The number of hydrogen-bond donors (Lipinski definition) is 4. The topological polar surface area (TPSA) is 98.8 Å². The van der Waals surface area contributed by atoms with Gasteiger partial charge in [-0.2, -0.15) is 0 Å². The van der Waals surface area contributed by atoms with E-state index in [1.165, 1.54) is 12.1 Å². The van der Waals surface area contributed by atoms with Crippen LogP contribution in [0.4, 0.5) is 0 Å². The molecule has 6 heteroatoms. The maximum atomic E-state index is 11.9. The molecule has 112 valence electrons. The number of carbonyl (C=O) groups excluding carboxylic acids is 1. The SMILES string of the molecule is CC(CNC(=O)[C@@H](N)Cc1ccc(O)c(O)c1)N(C)C. The van der Waals surface area contributed by atoms with Gasteiger partial charge in [0.05, 0.1) is 6.04 Å². The molecule has 5 N–H and O–H groups in total. The van der Waals surface area contributed by atoms with Gasteiger partial charge in [-0.1, -0.05) is 6.07 Å². The fourth-order valence-electron chi connectivity index (χ4n) is 1.60. The van der Waals surface area contributed by atoms with Crippen LogP contribution in [-0.2, 0) is 11.2 Å². The van der Waals surface area contributed by atoms with Gasteiger partial charge in [0.2, 0.25) is 5.91 Å². The Morgan fingerprint density at radius 1 is 1.35 bits per heavy atom. The first kappa shape index (κ1) is 16.3. The predicted octanol–water partition coefficient (Wildman–Crippen LogP) is 0.0339. The zero-order valence-electron chi connectivity index (χ0n) is 12.1. The molecule has 1 amide bonds. The number of rotatable bonds is 6. The lowest BCUT2D eigenvalue weighted by Crippen LogP contribution is -2.46. The number of likely N-dealkylation sites (N-methyl/N-ethyl adjacent to an activating group) is 1. The Labute approximate surface area is 119 Å². The van der Waals surface area contributed by atoms with E-state index in [1.54, 1.807) is 6.07 Å². The Hall–Kier alpha value is -1.79. The molecule has 0 spiro atoms. The van der Waals surface area contributed by atoms with Crippen LogP contribution in [0, 0.1) is 0 Å². The Bertz CT molecular complexity index is 463. The van der Waals surface area contributed by atoms with E-state index < -0.39 is 6.04 Å². The summed E-state index contributed by atoms with van der Waals surface area (Å²) in [5.41, 5.74) is 6.53. The molecule has 0 saturated carbocycles. The molecular weight excluding hydrogens is 258 g/mol. The number of benzene rings is 1. The zero-order chi connectivity index (χ0) is 15.3.